The number of hydrogen-bond acceptors (Lipinski definition) is 5. The summed E-state index contributed by atoms with van der Waals surface area (Å²) in [5.74, 6) is 0.160. The van der Waals surface area contributed by atoms with Crippen LogP contribution in [0.3, 0.4) is 0 Å². The topological polar surface area (TPSA) is 58.6 Å². The number of ether oxygens (including phenoxy) is 1. The smallest absolute Gasteiger partial charge is 0.228 e. The summed E-state index contributed by atoms with van der Waals surface area (Å²) in [4.78, 5) is 25.1. The molecule has 0 N–H and O–H groups in total. The van der Waals surface area contributed by atoms with Gasteiger partial charge in [0.05, 0.1) is 24.3 Å². The molecule has 3 heterocycles. The second-order valence-electron chi connectivity index (χ2n) is 6.70. The van der Waals surface area contributed by atoms with Crippen molar-refractivity contribution in [3.05, 3.63) is 24.3 Å². The number of amides is 1. The van der Waals surface area contributed by atoms with E-state index in [0.29, 0.717) is 24.7 Å². The van der Waals surface area contributed by atoms with Crippen LogP contribution in [0.25, 0.3) is 0 Å². The lowest BCUT2D eigenvalue weighted by atomic mass is 10.0. The molecule has 2 aliphatic rings. The Morgan fingerprint density at radius 3 is 2.52 bits per heavy atom. The number of hydrogen-bond donors (Lipinski definition) is 0. The van der Waals surface area contributed by atoms with Gasteiger partial charge in [-0.25, -0.2) is 0 Å². The average molecular weight is 318 g/mol. The minimum atomic E-state index is 0.160. The zero-order chi connectivity index (χ0) is 16.2. The monoisotopic (exact) mass is 318 g/mol. The highest BCUT2D eigenvalue weighted by Gasteiger charge is 2.31. The van der Waals surface area contributed by atoms with E-state index >= 15 is 0 Å². The normalized spacial score (nSPS) is 27.1. The molecule has 1 aromatic heterocycles. The van der Waals surface area contributed by atoms with Crippen molar-refractivity contribution in [2.75, 3.05) is 26.2 Å². The summed E-state index contributed by atoms with van der Waals surface area (Å²) in [6.45, 7) is 7.96. The van der Waals surface area contributed by atoms with Gasteiger partial charge in [-0.1, -0.05) is 0 Å². The lowest BCUT2D eigenvalue weighted by molar-refractivity contribution is -0.133. The maximum Gasteiger partial charge on any atom is 0.228 e. The second-order valence-corrected chi connectivity index (χ2v) is 6.70. The number of rotatable bonds is 3. The van der Waals surface area contributed by atoms with Crippen LogP contribution in [-0.4, -0.2) is 70.1 Å². The van der Waals surface area contributed by atoms with Gasteiger partial charge >= 0.3 is 0 Å². The Labute approximate surface area is 137 Å². The molecule has 2 saturated heterocycles. The van der Waals surface area contributed by atoms with Gasteiger partial charge in [-0.05, 0) is 26.7 Å². The number of carbonyl (C=O) groups is 1. The molecule has 1 aromatic rings. The van der Waals surface area contributed by atoms with Gasteiger partial charge in [0.1, 0.15) is 0 Å². The van der Waals surface area contributed by atoms with E-state index in [1.807, 2.05) is 4.90 Å². The third-order valence-corrected chi connectivity index (χ3v) is 4.73. The van der Waals surface area contributed by atoms with Crippen molar-refractivity contribution in [1.29, 1.82) is 0 Å². The summed E-state index contributed by atoms with van der Waals surface area (Å²) in [5.41, 5.74) is 0.746. The van der Waals surface area contributed by atoms with Gasteiger partial charge in [-0.3, -0.25) is 19.7 Å². The average Bonchev–Trinajstić information content (AvgIpc) is 2.55. The molecule has 1 amide bonds. The molecule has 0 radical (unpaired) electrons. The molecule has 23 heavy (non-hydrogen) atoms. The lowest BCUT2D eigenvalue weighted by Gasteiger charge is -2.43. The third kappa shape index (κ3) is 4.26. The number of nitrogens with zero attached hydrogens (tertiary/aromatic N) is 4. The highest BCUT2D eigenvalue weighted by molar-refractivity contribution is 5.78. The Hall–Kier alpha value is -1.53. The van der Waals surface area contributed by atoms with Crippen LogP contribution >= 0.6 is 0 Å². The third-order valence-electron chi connectivity index (χ3n) is 4.73. The fraction of sp³-hybridized carbons (Fsp3) is 0.706. The molecule has 0 saturated carbocycles. The van der Waals surface area contributed by atoms with Crippen LogP contribution in [0.5, 0.6) is 0 Å². The Morgan fingerprint density at radius 2 is 1.91 bits per heavy atom. The zero-order valence-corrected chi connectivity index (χ0v) is 14.0. The first-order chi connectivity index (χ1) is 11.1. The molecule has 126 valence electrons. The maximum atomic E-state index is 12.4. The lowest BCUT2D eigenvalue weighted by Crippen LogP contribution is -2.53. The molecule has 0 aliphatic carbocycles. The van der Waals surface area contributed by atoms with Crippen molar-refractivity contribution < 1.29 is 9.53 Å². The van der Waals surface area contributed by atoms with Gasteiger partial charge in [0.2, 0.25) is 5.91 Å². The number of morpholine rings is 1. The van der Waals surface area contributed by atoms with Crippen molar-refractivity contribution in [3.63, 3.8) is 0 Å². The van der Waals surface area contributed by atoms with Gasteiger partial charge in [0.25, 0.3) is 0 Å². The van der Waals surface area contributed by atoms with Crippen LogP contribution in [-0.2, 0) is 16.0 Å². The first-order valence-corrected chi connectivity index (χ1v) is 8.54. The molecule has 0 aromatic carbocycles. The SMILES string of the molecule is C[C@@H]1CN(C2CCN(C(=O)Cc3cnccn3)CC2)C[C@H](C)O1. The number of likely N-dealkylation sites (tertiary alicyclic amines) is 1. The van der Waals surface area contributed by atoms with Crippen LogP contribution in [0.2, 0.25) is 0 Å². The summed E-state index contributed by atoms with van der Waals surface area (Å²) in [6, 6.07) is 0.573. The first-order valence-electron chi connectivity index (χ1n) is 8.54. The molecular weight excluding hydrogens is 292 g/mol. The maximum absolute atomic E-state index is 12.4. The van der Waals surface area contributed by atoms with Crippen molar-refractivity contribution in [1.82, 2.24) is 19.8 Å². The predicted molar refractivity (Wildman–Crippen MR) is 86.9 cm³/mol. The minimum absolute atomic E-state index is 0.160. The molecule has 3 rings (SSSR count). The highest BCUT2D eigenvalue weighted by atomic mass is 16.5. The predicted octanol–water partition coefficient (Wildman–Crippen LogP) is 1.12. The molecule has 0 bridgehead atoms. The molecule has 6 heteroatoms. The molecule has 0 spiro atoms. The van der Waals surface area contributed by atoms with E-state index in [0.717, 1.165) is 44.7 Å². The summed E-state index contributed by atoms with van der Waals surface area (Å²) >= 11 is 0. The van der Waals surface area contributed by atoms with Crippen LogP contribution in [0.1, 0.15) is 32.4 Å². The fourth-order valence-corrected chi connectivity index (χ4v) is 3.68. The number of aromatic nitrogens is 2. The summed E-state index contributed by atoms with van der Waals surface area (Å²) < 4.78 is 5.81. The second kappa shape index (κ2) is 7.36. The van der Waals surface area contributed by atoms with E-state index in [-0.39, 0.29) is 5.91 Å². The Kier molecular flexibility index (Phi) is 5.23. The minimum Gasteiger partial charge on any atom is -0.373 e. The van der Waals surface area contributed by atoms with Crippen molar-refractivity contribution in [2.24, 2.45) is 0 Å². The molecule has 2 atom stereocenters. The van der Waals surface area contributed by atoms with Crippen LogP contribution in [0.15, 0.2) is 18.6 Å². The van der Waals surface area contributed by atoms with E-state index in [9.17, 15) is 4.79 Å². The molecule has 6 nitrogen and oxygen atoms in total. The van der Waals surface area contributed by atoms with Crippen molar-refractivity contribution in [2.45, 2.75) is 51.4 Å². The Balaban J connectivity index is 1.49. The van der Waals surface area contributed by atoms with Crippen LogP contribution < -0.4 is 0 Å². The molecule has 0 unspecified atom stereocenters. The standard InChI is InChI=1S/C17H26N4O2/c1-13-11-21(12-14(2)23-13)16-3-7-20(8-4-16)17(22)9-15-10-18-5-6-19-15/h5-6,10,13-14,16H,3-4,7-9,11-12H2,1-2H3/t13-,14+. The number of carbonyl (C=O) groups excluding carboxylic acids is 1. The van der Waals surface area contributed by atoms with Gasteiger partial charge in [-0.15, -0.1) is 0 Å². The Morgan fingerprint density at radius 1 is 1.22 bits per heavy atom. The van der Waals surface area contributed by atoms with Gasteiger partial charge in [0, 0.05) is 50.8 Å². The van der Waals surface area contributed by atoms with E-state index < -0.39 is 0 Å². The quantitative estimate of drug-likeness (QED) is 0.836. The van der Waals surface area contributed by atoms with Gasteiger partial charge < -0.3 is 9.64 Å². The fourth-order valence-electron chi connectivity index (χ4n) is 3.68. The van der Waals surface area contributed by atoms with Gasteiger partial charge in [0.15, 0.2) is 0 Å². The molecule has 2 fully saturated rings. The summed E-state index contributed by atoms with van der Waals surface area (Å²) in [7, 11) is 0. The molecular formula is C17H26N4O2. The van der Waals surface area contributed by atoms with E-state index in [2.05, 4.69) is 28.7 Å². The largest absolute Gasteiger partial charge is 0.373 e. The van der Waals surface area contributed by atoms with Crippen LogP contribution in [0.4, 0.5) is 0 Å². The summed E-state index contributed by atoms with van der Waals surface area (Å²) in [6.07, 6.45) is 7.98. The van der Waals surface area contributed by atoms with E-state index in [4.69, 9.17) is 4.74 Å². The van der Waals surface area contributed by atoms with Crippen molar-refractivity contribution in [3.8, 4) is 0 Å². The van der Waals surface area contributed by atoms with Gasteiger partial charge in [-0.2, -0.15) is 0 Å². The first kappa shape index (κ1) is 16.3. The van der Waals surface area contributed by atoms with Crippen molar-refractivity contribution >= 4 is 5.91 Å². The van der Waals surface area contributed by atoms with E-state index in [1.165, 1.54) is 0 Å². The van der Waals surface area contributed by atoms with Crippen LogP contribution in [0, 0.1) is 0 Å². The Bertz CT molecular complexity index is 507. The zero-order valence-electron chi connectivity index (χ0n) is 14.0. The summed E-state index contributed by atoms with van der Waals surface area (Å²) in [5, 5.41) is 0. The molecule has 2 aliphatic heterocycles. The number of piperidine rings is 1. The van der Waals surface area contributed by atoms with E-state index in [1.54, 1.807) is 18.6 Å². The highest BCUT2D eigenvalue weighted by Crippen LogP contribution is 2.21.